The van der Waals surface area contributed by atoms with Crippen LogP contribution in [0.4, 0.5) is 0 Å². The highest BCUT2D eigenvalue weighted by atomic mass is 16.3. The second-order valence-corrected chi connectivity index (χ2v) is 3.02. The Kier molecular flexibility index (Phi) is 2.56. The molecule has 0 radical (unpaired) electrons. The van der Waals surface area contributed by atoms with Crippen LogP contribution in [0.5, 0.6) is 11.5 Å². The van der Waals surface area contributed by atoms with E-state index >= 15 is 0 Å². The lowest BCUT2D eigenvalue weighted by Crippen LogP contribution is -1.92. The van der Waals surface area contributed by atoms with Gasteiger partial charge in [0.1, 0.15) is 17.8 Å². The fourth-order valence-electron chi connectivity index (χ4n) is 1.20. The van der Waals surface area contributed by atoms with E-state index in [1.807, 2.05) is 0 Å². The zero-order chi connectivity index (χ0) is 10.0. The summed E-state index contributed by atoms with van der Waals surface area (Å²) >= 11 is 0. The van der Waals surface area contributed by atoms with Gasteiger partial charge in [-0.2, -0.15) is 0 Å². The Hall–Kier alpha value is -1.51. The molecule has 13 heavy (non-hydrogen) atoms. The predicted molar refractivity (Wildman–Crippen MR) is 49.0 cm³/mol. The summed E-state index contributed by atoms with van der Waals surface area (Å²) in [4.78, 5) is 10.2. The smallest absolute Gasteiger partial charge is 0.124 e. The quantitative estimate of drug-likeness (QED) is 0.535. The summed E-state index contributed by atoms with van der Waals surface area (Å²) < 4.78 is 0. The van der Waals surface area contributed by atoms with E-state index in [-0.39, 0.29) is 17.9 Å². The van der Waals surface area contributed by atoms with Crippen LogP contribution in [0.15, 0.2) is 6.07 Å². The Labute approximate surface area is 76.6 Å². The van der Waals surface area contributed by atoms with Crippen molar-refractivity contribution in [1.29, 1.82) is 0 Å². The van der Waals surface area contributed by atoms with Crippen LogP contribution in [-0.4, -0.2) is 16.5 Å². The zero-order valence-corrected chi connectivity index (χ0v) is 7.66. The van der Waals surface area contributed by atoms with Crippen molar-refractivity contribution in [3.8, 4) is 11.5 Å². The van der Waals surface area contributed by atoms with Gasteiger partial charge in [0.2, 0.25) is 0 Å². The lowest BCUT2D eigenvalue weighted by atomic mass is 10.0. The molecule has 0 saturated carbocycles. The molecule has 0 saturated heterocycles. The van der Waals surface area contributed by atoms with Crippen molar-refractivity contribution in [3.63, 3.8) is 0 Å². The maximum Gasteiger partial charge on any atom is 0.124 e. The van der Waals surface area contributed by atoms with Gasteiger partial charge in [-0.1, -0.05) is 0 Å². The van der Waals surface area contributed by atoms with Crippen LogP contribution in [0.1, 0.15) is 16.7 Å². The van der Waals surface area contributed by atoms with Crippen LogP contribution in [0.3, 0.4) is 0 Å². The second-order valence-electron chi connectivity index (χ2n) is 3.02. The number of rotatable bonds is 2. The molecule has 0 atom stereocenters. The number of hydrogen-bond acceptors (Lipinski definition) is 3. The number of phenols is 2. The van der Waals surface area contributed by atoms with E-state index in [9.17, 15) is 15.0 Å². The van der Waals surface area contributed by atoms with E-state index in [0.717, 1.165) is 0 Å². The molecule has 3 heteroatoms. The maximum absolute atomic E-state index is 10.2. The number of aromatic hydroxyl groups is 2. The predicted octanol–water partition coefficient (Wildman–Crippen LogP) is 1.46. The highest BCUT2D eigenvalue weighted by molar-refractivity contribution is 5.61. The van der Waals surface area contributed by atoms with Gasteiger partial charge in [-0.25, -0.2) is 0 Å². The molecule has 0 heterocycles. The first-order chi connectivity index (χ1) is 6.07. The van der Waals surface area contributed by atoms with Gasteiger partial charge in [0.15, 0.2) is 0 Å². The molecule has 2 N–H and O–H groups in total. The van der Waals surface area contributed by atoms with Gasteiger partial charge in [0, 0.05) is 12.0 Å². The largest absolute Gasteiger partial charge is 0.508 e. The van der Waals surface area contributed by atoms with Crippen molar-refractivity contribution in [2.45, 2.75) is 20.3 Å². The summed E-state index contributed by atoms with van der Waals surface area (Å²) in [6.45, 7) is 3.42. The molecular formula is C10H12O3. The van der Waals surface area contributed by atoms with Crippen molar-refractivity contribution in [1.82, 2.24) is 0 Å². The summed E-state index contributed by atoms with van der Waals surface area (Å²) in [7, 11) is 0. The first kappa shape index (κ1) is 9.58. The molecule has 1 aromatic rings. The average molecular weight is 180 g/mol. The van der Waals surface area contributed by atoms with Crippen LogP contribution in [-0.2, 0) is 11.2 Å². The number of carbonyl (C=O) groups excluding carboxylic acids is 1. The number of phenolic OH excluding ortho intramolecular Hbond substituents is 2. The fourth-order valence-corrected chi connectivity index (χ4v) is 1.20. The van der Waals surface area contributed by atoms with Crippen LogP contribution in [0.25, 0.3) is 0 Å². The number of aldehydes is 1. The van der Waals surface area contributed by atoms with Gasteiger partial charge in [-0.05, 0) is 31.0 Å². The maximum atomic E-state index is 10.2. The van der Waals surface area contributed by atoms with Crippen LogP contribution >= 0.6 is 0 Å². The van der Waals surface area contributed by atoms with Crippen molar-refractivity contribution >= 4 is 6.29 Å². The minimum absolute atomic E-state index is 0.0994. The number of carbonyl (C=O) groups is 1. The highest BCUT2D eigenvalue weighted by Crippen LogP contribution is 2.31. The molecule has 1 rings (SSSR count). The third-order valence-electron chi connectivity index (χ3n) is 2.22. The zero-order valence-electron chi connectivity index (χ0n) is 7.66. The molecule has 0 aliphatic carbocycles. The van der Waals surface area contributed by atoms with Gasteiger partial charge in [0.25, 0.3) is 0 Å². The molecule has 0 spiro atoms. The van der Waals surface area contributed by atoms with E-state index in [0.29, 0.717) is 23.0 Å². The lowest BCUT2D eigenvalue weighted by Gasteiger charge is -2.09. The molecule has 3 nitrogen and oxygen atoms in total. The van der Waals surface area contributed by atoms with Gasteiger partial charge < -0.3 is 15.0 Å². The first-order valence-electron chi connectivity index (χ1n) is 4.02. The van der Waals surface area contributed by atoms with Crippen molar-refractivity contribution in [3.05, 3.63) is 22.8 Å². The SMILES string of the molecule is Cc1c(O)cc(CC=O)c(O)c1C. The monoisotopic (exact) mass is 180 g/mol. The summed E-state index contributed by atoms with van der Waals surface area (Å²) in [6, 6.07) is 1.42. The molecular weight excluding hydrogens is 168 g/mol. The standard InChI is InChI=1S/C10H12O3/c1-6-7(2)10(13)8(3-4-11)5-9(6)12/h4-5,12-13H,3H2,1-2H3. The Bertz CT molecular complexity index is 343. The molecule has 0 amide bonds. The number of hydrogen-bond donors (Lipinski definition) is 2. The number of benzene rings is 1. The van der Waals surface area contributed by atoms with Gasteiger partial charge >= 0.3 is 0 Å². The van der Waals surface area contributed by atoms with E-state index < -0.39 is 0 Å². The Morgan fingerprint density at radius 2 is 1.92 bits per heavy atom. The molecule has 0 aromatic heterocycles. The topological polar surface area (TPSA) is 57.5 Å². The van der Waals surface area contributed by atoms with Gasteiger partial charge in [-0.15, -0.1) is 0 Å². The Morgan fingerprint density at radius 1 is 1.31 bits per heavy atom. The summed E-state index contributed by atoms with van der Waals surface area (Å²) in [6.07, 6.45) is 0.823. The summed E-state index contributed by atoms with van der Waals surface area (Å²) in [5.74, 6) is 0.217. The highest BCUT2D eigenvalue weighted by Gasteiger charge is 2.10. The fraction of sp³-hybridized carbons (Fsp3) is 0.300. The van der Waals surface area contributed by atoms with Crippen molar-refractivity contribution < 1.29 is 15.0 Å². The molecule has 70 valence electrons. The van der Waals surface area contributed by atoms with Crippen LogP contribution < -0.4 is 0 Å². The third-order valence-corrected chi connectivity index (χ3v) is 2.22. The molecule has 0 fully saturated rings. The molecule has 0 aliphatic rings. The minimum Gasteiger partial charge on any atom is -0.508 e. The molecule has 0 bridgehead atoms. The van der Waals surface area contributed by atoms with Crippen molar-refractivity contribution in [2.24, 2.45) is 0 Å². The van der Waals surface area contributed by atoms with Crippen LogP contribution in [0.2, 0.25) is 0 Å². The summed E-state index contributed by atoms with van der Waals surface area (Å²) in [5.41, 5.74) is 1.74. The average Bonchev–Trinajstić information content (AvgIpc) is 2.11. The van der Waals surface area contributed by atoms with E-state index in [2.05, 4.69) is 0 Å². The Morgan fingerprint density at radius 3 is 2.46 bits per heavy atom. The van der Waals surface area contributed by atoms with E-state index in [4.69, 9.17) is 0 Å². The second kappa shape index (κ2) is 3.47. The minimum atomic E-state index is 0.0994. The van der Waals surface area contributed by atoms with Gasteiger partial charge in [0.05, 0.1) is 0 Å². The molecule has 1 aromatic carbocycles. The van der Waals surface area contributed by atoms with Crippen LogP contribution in [0, 0.1) is 13.8 Å². The normalized spacial score (nSPS) is 10.0. The summed E-state index contributed by atoms with van der Waals surface area (Å²) in [5, 5.41) is 19.0. The van der Waals surface area contributed by atoms with Gasteiger partial charge in [-0.3, -0.25) is 0 Å². The third kappa shape index (κ3) is 1.64. The van der Waals surface area contributed by atoms with E-state index in [1.165, 1.54) is 6.07 Å². The van der Waals surface area contributed by atoms with Crippen molar-refractivity contribution in [2.75, 3.05) is 0 Å². The first-order valence-corrected chi connectivity index (χ1v) is 4.02. The molecule has 0 unspecified atom stereocenters. The van der Waals surface area contributed by atoms with E-state index in [1.54, 1.807) is 13.8 Å². The Balaban J connectivity index is 3.31. The lowest BCUT2D eigenvalue weighted by molar-refractivity contribution is -0.107. The molecule has 0 aliphatic heterocycles.